The zero-order chi connectivity index (χ0) is 17.2. The van der Waals surface area contributed by atoms with Gasteiger partial charge in [-0.2, -0.15) is 0 Å². The van der Waals surface area contributed by atoms with Crippen molar-refractivity contribution in [2.45, 2.75) is 45.3 Å². The second kappa shape index (κ2) is 6.96. The van der Waals surface area contributed by atoms with Crippen molar-refractivity contribution in [3.63, 3.8) is 0 Å². The molecule has 1 aliphatic heterocycles. The van der Waals surface area contributed by atoms with Gasteiger partial charge in [0.1, 0.15) is 12.4 Å². The lowest BCUT2D eigenvalue weighted by Crippen LogP contribution is -2.43. The highest BCUT2D eigenvalue weighted by Crippen LogP contribution is 2.25. The van der Waals surface area contributed by atoms with Crippen LogP contribution in [0.1, 0.15) is 53.2 Å². The number of benzene rings is 1. The van der Waals surface area contributed by atoms with Gasteiger partial charge in [0.2, 0.25) is 0 Å². The fourth-order valence-electron chi connectivity index (χ4n) is 3.80. The Labute approximate surface area is 147 Å². The second-order valence-corrected chi connectivity index (χ2v) is 6.78. The van der Waals surface area contributed by atoms with Crippen molar-refractivity contribution in [3.8, 4) is 0 Å². The van der Waals surface area contributed by atoms with Gasteiger partial charge in [-0.1, -0.05) is 6.07 Å². The summed E-state index contributed by atoms with van der Waals surface area (Å²) in [5, 5.41) is 8.16. The molecule has 1 aromatic carbocycles. The van der Waals surface area contributed by atoms with Crippen LogP contribution in [0.15, 0.2) is 24.5 Å². The summed E-state index contributed by atoms with van der Waals surface area (Å²) in [6, 6.07) is 6.20. The number of carbonyl (C=O) groups excluding carboxylic acids is 1. The highest BCUT2D eigenvalue weighted by Gasteiger charge is 2.29. The molecule has 6 nitrogen and oxygen atoms in total. The highest BCUT2D eigenvalue weighted by atomic mass is 16.5. The normalized spacial score (nSPS) is 20.4. The quantitative estimate of drug-likeness (QED) is 0.861. The first-order chi connectivity index (χ1) is 12.3. The van der Waals surface area contributed by atoms with Crippen LogP contribution >= 0.6 is 0 Å². The van der Waals surface area contributed by atoms with E-state index in [1.807, 2.05) is 22.5 Å². The Kier molecular flexibility index (Phi) is 4.53. The lowest BCUT2D eigenvalue weighted by atomic mass is 9.90. The van der Waals surface area contributed by atoms with E-state index in [4.69, 9.17) is 4.74 Å². The number of aromatic nitrogens is 3. The number of nitrogens with zero attached hydrogens (tertiary/aromatic N) is 4. The highest BCUT2D eigenvalue weighted by molar-refractivity contribution is 5.94. The fraction of sp³-hybridized carbons (Fsp3) is 0.526. The van der Waals surface area contributed by atoms with Crippen molar-refractivity contribution in [1.82, 2.24) is 19.7 Å². The molecule has 0 N–H and O–H groups in total. The van der Waals surface area contributed by atoms with E-state index < -0.39 is 0 Å². The van der Waals surface area contributed by atoms with Crippen molar-refractivity contribution >= 4 is 5.91 Å². The average Bonchev–Trinajstić information content (AvgIpc) is 3.16. The number of amides is 1. The molecule has 0 saturated carbocycles. The maximum Gasteiger partial charge on any atom is 0.254 e. The Bertz CT molecular complexity index is 771. The molecule has 0 unspecified atom stereocenters. The zero-order valence-electron chi connectivity index (χ0n) is 14.6. The van der Waals surface area contributed by atoms with Crippen LogP contribution in [-0.4, -0.2) is 45.3 Å². The molecule has 1 saturated heterocycles. The van der Waals surface area contributed by atoms with Crippen LogP contribution in [0.5, 0.6) is 0 Å². The Morgan fingerprint density at radius 3 is 2.96 bits per heavy atom. The van der Waals surface area contributed by atoms with E-state index in [1.54, 1.807) is 6.33 Å². The van der Waals surface area contributed by atoms with Gasteiger partial charge in [0, 0.05) is 18.7 Å². The van der Waals surface area contributed by atoms with E-state index in [9.17, 15) is 4.79 Å². The molecule has 25 heavy (non-hydrogen) atoms. The monoisotopic (exact) mass is 340 g/mol. The number of fused-ring (bicyclic) bond motifs is 1. The third-order valence-electron chi connectivity index (χ3n) is 5.22. The Morgan fingerprint density at radius 1 is 1.28 bits per heavy atom. The van der Waals surface area contributed by atoms with Gasteiger partial charge < -0.3 is 14.2 Å². The molecule has 132 valence electrons. The van der Waals surface area contributed by atoms with Gasteiger partial charge >= 0.3 is 0 Å². The molecular formula is C19H24N4O2. The molecule has 2 aliphatic rings. The third-order valence-corrected chi connectivity index (χ3v) is 5.22. The minimum atomic E-state index is -0.210. The zero-order valence-corrected chi connectivity index (χ0v) is 14.6. The molecule has 1 fully saturated rings. The summed E-state index contributed by atoms with van der Waals surface area (Å²) in [7, 11) is 0. The number of rotatable bonds is 3. The first-order valence-corrected chi connectivity index (χ1v) is 9.16. The molecule has 1 amide bonds. The van der Waals surface area contributed by atoms with Crippen LogP contribution in [0.4, 0.5) is 0 Å². The van der Waals surface area contributed by atoms with Crippen LogP contribution in [0.25, 0.3) is 0 Å². The summed E-state index contributed by atoms with van der Waals surface area (Å²) >= 11 is 0. The lowest BCUT2D eigenvalue weighted by molar-refractivity contribution is -0.0284. The maximum absolute atomic E-state index is 13.0. The minimum Gasteiger partial charge on any atom is -0.366 e. The van der Waals surface area contributed by atoms with Crippen molar-refractivity contribution in [1.29, 1.82) is 0 Å². The summed E-state index contributed by atoms with van der Waals surface area (Å²) < 4.78 is 7.82. The van der Waals surface area contributed by atoms with Crippen LogP contribution in [-0.2, 0) is 24.1 Å². The first kappa shape index (κ1) is 16.3. The number of ether oxygens (including phenoxy) is 1. The van der Waals surface area contributed by atoms with Crippen LogP contribution in [0.2, 0.25) is 0 Å². The van der Waals surface area contributed by atoms with Crippen LogP contribution in [0.3, 0.4) is 0 Å². The predicted molar refractivity (Wildman–Crippen MR) is 93.4 cm³/mol. The molecule has 1 aromatic heterocycles. The van der Waals surface area contributed by atoms with Gasteiger partial charge in [-0.15, -0.1) is 10.2 Å². The molecule has 2 heterocycles. The number of hydrogen-bond donors (Lipinski definition) is 0. The molecule has 1 atom stereocenters. The molecular weight excluding hydrogens is 316 g/mol. The number of hydrogen-bond acceptors (Lipinski definition) is 4. The first-order valence-electron chi connectivity index (χ1n) is 9.16. The minimum absolute atomic E-state index is 0.0873. The molecule has 6 heteroatoms. The van der Waals surface area contributed by atoms with Crippen molar-refractivity contribution in [2.75, 3.05) is 19.7 Å². The van der Waals surface area contributed by atoms with E-state index in [-0.39, 0.29) is 12.0 Å². The Balaban J connectivity index is 1.52. The summed E-state index contributed by atoms with van der Waals surface area (Å²) in [4.78, 5) is 14.9. The van der Waals surface area contributed by atoms with E-state index in [1.165, 1.54) is 24.0 Å². The number of carbonyl (C=O) groups is 1. The van der Waals surface area contributed by atoms with E-state index >= 15 is 0 Å². The third kappa shape index (κ3) is 3.18. The van der Waals surface area contributed by atoms with Gasteiger partial charge in [-0.05, 0) is 55.9 Å². The van der Waals surface area contributed by atoms with E-state index in [2.05, 4.69) is 22.3 Å². The van der Waals surface area contributed by atoms with Gasteiger partial charge in [-0.3, -0.25) is 4.79 Å². The van der Waals surface area contributed by atoms with Crippen LogP contribution < -0.4 is 0 Å². The molecule has 0 spiro atoms. The fourth-order valence-corrected chi connectivity index (χ4v) is 3.80. The lowest BCUT2D eigenvalue weighted by Gasteiger charge is -2.32. The largest absolute Gasteiger partial charge is 0.366 e. The summed E-state index contributed by atoms with van der Waals surface area (Å²) in [5.41, 5.74) is 3.53. The van der Waals surface area contributed by atoms with Gasteiger partial charge in [0.05, 0.1) is 13.2 Å². The molecule has 2 aromatic rings. The van der Waals surface area contributed by atoms with Crippen LogP contribution in [0, 0.1) is 0 Å². The van der Waals surface area contributed by atoms with Crippen molar-refractivity contribution in [2.24, 2.45) is 0 Å². The van der Waals surface area contributed by atoms with Gasteiger partial charge in [0.15, 0.2) is 5.82 Å². The summed E-state index contributed by atoms with van der Waals surface area (Å²) in [6.45, 7) is 4.51. The molecule has 0 radical (unpaired) electrons. The maximum atomic E-state index is 13.0. The number of morpholine rings is 1. The Morgan fingerprint density at radius 2 is 2.12 bits per heavy atom. The second-order valence-electron chi connectivity index (χ2n) is 6.78. The van der Waals surface area contributed by atoms with E-state index in [0.717, 1.165) is 30.8 Å². The van der Waals surface area contributed by atoms with Gasteiger partial charge in [-0.25, -0.2) is 0 Å². The smallest absolute Gasteiger partial charge is 0.254 e. The van der Waals surface area contributed by atoms with Crippen molar-refractivity contribution in [3.05, 3.63) is 47.0 Å². The van der Waals surface area contributed by atoms with Gasteiger partial charge in [0.25, 0.3) is 5.91 Å². The van der Waals surface area contributed by atoms with Crippen molar-refractivity contribution < 1.29 is 9.53 Å². The summed E-state index contributed by atoms with van der Waals surface area (Å²) in [6.07, 6.45) is 6.19. The predicted octanol–water partition coefficient (Wildman–Crippen LogP) is 2.39. The molecule has 0 bridgehead atoms. The molecule has 4 rings (SSSR count). The summed E-state index contributed by atoms with van der Waals surface area (Å²) in [5.74, 6) is 0.884. The topological polar surface area (TPSA) is 60.2 Å². The Hall–Kier alpha value is -2.21. The average molecular weight is 340 g/mol. The standard InChI is InChI=1S/C19H24N4O2/c1-2-22-13-20-21-18(22)17-12-23(9-10-25-17)19(24)16-8-7-14-5-3-4-6-15(14)11-16/h7-8,11,13,17H,2-6,9-10,12H2,1H3/t17-/m1/s1. The molecule has 1 aliphatic carbocycles. The van der Waals surface area contributed by atoms with E-state index in [0.29, 0.717) is 19.7 Å². The SMILES string of the molecule is CCn1cnnc1[C@H]1CN(C(=O)c2ccc3c(c2)CCCC3)CCO1. The number of aryl methyl sites for hydroxylation is 3.